The van der Waals surface area contributed by atoms with Gasteiger partial charge in [0, 0.05) is 23.1 Å². The van der Waals surface area contributed by atoms with Crippen molar-refractivity contribution in [1.29, 1.82) is 0 Å². The second-order valence-electron chi connectivity index (χ2n) is 4.22. The molecule has 0 saturated heterocycles. The molecule has 1 fully saturated rings. The van der Waals surface area contributed by atoms with Crippen molar-refractivity contribution in [3.63, 3.8) is 0 Å². The van der Waals surface area contributed by atoms with Gasteiger partial charge in [-0.15, -0.1) is 0 Å². The van der Waals surface area contributed by atoms with Crippen molar-refractivity contribution >= 4 is 10.9 Å². The summed E-state index contributed by atoms with van der Waals surface area (Å²) in [6.07, 6.45) is 4.44. The molecule has 2 unspecified atom stereocenters. The number of aromatic nitrogens is 1. The van der Waals surface area contributed by atoms with Gasteiger partial charge in [-0.3, -0.25) is 0 Å². The minimum atomic E-state index is 0.448. The Labute approximate surface area is 83.1 Å². The predicted molar refractivity (Wildman–Crippen MR) is 58.1 cm³/mol. The molecular formula is C12H14N2. The van der Waals surface area contributed by atoms with Crippen molar-refractivity contribution in [3.8, 4) is 0 Å². The number of hydrogen-bond acceptors (Lipinski definition) is 1. The highest BCUT2D eigenvalue weighted by molar-refractivity contribution is 5.83. The number of benzene rings is 1. The summed E-state index contributed by atoms with van der Waals surface area (Å²) in [5.74, 6) is 0.717. The lowest BCUT2D eigenvalue weighted by Crippen LogP contribution is -2.03. The molecule has 2 nitrogen and oxygen atoms in total. The molecule has 0 radical (unpaired) electrons. The molecule has 14 heavy (non-hydrogen) atoms. The third-order valence-corrected chi connectivity index (χ3v) is 3.13. The van der Waals surface area contributed by atoms with E-state index in [9.17, 15) is 0 Å². The molecule has 1 aliphatic carbocycles. The maximum atomic E-state index is 5.82. The second-order valence-corrected chi connectivity index (χ2v) is 4.22. The summed E-state index contributed by atoms with van der Waals surface area (Å²) < 4.78 is 0. The van der Waals surface area contributed by atoms with E-state index in [0.29, 0.717) is 12.0 Å². The molecule has 2 atom stereocenters. The summed E-state index contributed by atoms with van der Waals surface area (Å²) in [5.41, 5.74) is 8.47. The molecule has 1 aromatic heterocycles. The number of para-hydroxylation sites is 1. The lowest BCUT2D eigenvalue weighted by molar-refractivity contribution is 0.790. The van der Waals surface area contributed by atoms with Gasteiger partial charge in [0.2, 0.25) is 0 Å². The van der Waals surface area contributed by atoms with Gasteiger partial charge in [0.15, 0.2) is 0 Å². The van der Waals surface area contributed by atoms with Gasteiger partial charge in [-0.1, -0.05) is 18.2 Å². The quantitative estimate of drug-likeness (QED) is 0.740. The van der Waals surface area contributed by atoms with E-state index in [-0.39, 0.29) is 0 Å². The molecule has 1 saturated carbocycles. The Morgan fingerprint density at radius 3 is 2.93 bits per heavy atom. The van der Waals surface area contributed by atoms with Crippen LogP contribution in [0, 0.1) is 5.92 Å². The largest absolute Gasteiger partial charge is 0.361 e. The van der Waals surface area contributed by atoms with Crippen LogP contribution in [0.25, 0.3) is 10.9 Å². The number of fused-ring (bicyclic) bond motifs is 1. The Morgan fingerprint density at radius 1 is 1.36 bits per heavy atom. The first-order chi connectivity index (χ1) is 6.84. The normalized spacial score (nSPS) is 25.5. The minimum Gasteiger partial charge on any atom is -0.361 e. The van der Waals surface area contributed by atoms with Gasteiger partial charge in [0.1, 0.15) is 0 Å². The number of rotatable bonds is 2. The summed E-state index contributed by atoms with van der Waals surface area (Å²) in [4.78, 5) is 3.30. The van der Waals surface area contributed by atoms with Gasteiger partial charge in [-0.2, -0.15) is 0 Å². The molecule has 3 rings (SSSR count). The molecule has 0 amide bonds. The summed E-state index contributed by atoms with van der Waals surface area (Å²) in [6, 6.07) is 8.89. The summed E-state index contributed by atoms with van der Waals surface area (Å²) in [7, 11) is 0. The molecule has 1 aliphatic rings. The van der Waals surface area contributed by atoms with Crippen LogP contribution in [0.15, 0.2) is 30.5 Å². The number of nitrogens with one attached hydrogen (secondary N) is 1. The molecule has 1 heterocycles. The third kappa shape index (κ3) is 1.23. The van der Waals surface area contributed by atoms with E-state index in [2.05, 4.69) is 35.4 Å². The molecule has 1 aromatic carbocycles. The van der Waals surface area contributed by atoms with Crippen LogP contribution < -0.4 is 5.73 Å². The summed E-state index contributed by atoms with van der Waals surface area (Å²) in [6.45, 7) is 0. The first kappa shape index (κ1) is 8.06. The smallest absolute Gasteiger partial charge is 0.0456 e. The number of aromatic amines is 1. The number of nitrogens with two attached hydrogens (primary N) is 1. The first-order valence-corrected chi connectivity index (χ1v) is 5.15. The topological polar surface area (TPSA) is 41.8 Å². The zero-order chi connectivity index (χ0) is 9.54. The van der Waals surface area contributed by atoms with E-state index in [1.54, 1.807) is 0 Å². The van der Waals surface area contributed by atoms with E-state index < -0.39 is 0 Å². The van der Waals surface area contributed by atoms with Crippen molar-refractivity contribution in [2.45, 2.75) is 18.9 Å². The minimum absolute atomic E-state index is 0.448. The average molecular weight is 186 g/mol. The summed E-state index contributed by atoms with van der Waals surface area (Å²) in [5, 5.41) is 1.35. The monoisotopic (exact) mass is 186 g/mol. The van der Waals surface area contributed by atoms with Crippen LogP contribution in [-0.4, -0.2) is 11.0 Å². The highest BCUT2D eigenvalue weighted by Gasteiger charge is 2.33. The van der Waals surface area contributed by atoms with Crippen LogP contribution >= 0.6 is 0 Å². The van der Waals surface area contributed by atoms with Crippen LogP contribution in [0.1, 0.15) is 12.0 Å². The highest BCUT2D eigenvalue weighted by Crippen LogP contribution is 2.33. The summed E-state index contributed by atoms with van der Waals surface area (Å²) >= 11 is 0. The van der Waals surface area contributed by atoms with Gasteiger partial charge >= 0.3 is 0 Å². The Balaban J connectivity index is 1.96. The Hall–Kier alpha value is -1.28. The lowest BCUT2D eigenvalue weighted by Gasteiger charge is -1.96. The van der Waals surface area contributed by atoms with Gasteiger partial charge in [-0.25, -0.2) is 0 Å². The molecule has 72 valence electrons. The van der Waals surface area contributed by atoms with E-state index >= 15 is 0 Å². The maximum Gasteiger partial charge on any atom is 0.0456 e. The molecular weight excluding hydrogens is 172 g/mol. The van der Waals surface area contributed by atoms with Crippen molar-refractivity contribution < 1.29 is 0 Å². The van der Waals surface area contributed by atoms with Gasteiger partial charge in [-0.05, 0) is 30.4 Å². The fourth-order valence-corrected chi connectivity index (χ4v) is 2.09. The van der Waals surface area contributed by atoms with E-state index in [1.165, 1.54) is 22.9 Å². The van der Waals surface area contributed by atoms with Gasteiger partial charge in [0.25, 0.3) is 0 Å². The van der Waals surface area contributed by atoms with Crippen LogP contribution in [0.3, 0.4) is 0 Å². The SMILES string of the molecule is NC1CC1Cc1c[nH]c2ccccc12. The highest BCUT2D eigenvalue weighted by atomic mass is 14.7. The van der Waals surface area contributed by atoms with E-state index in [0.717, 1.165) is 6.42 Å². The molecule has 2 heteroatoms. The van der Waals surface area contributed by atoms with Crippen LogP contribution in [0.4, 0.5) is 0 Å². The van der Waals surface area contributed by atoms with E-state index in [4.69, 9.17) is 5.73 Å². The molecule has 0 aliphatic heterocycles. The molecule has 2 aromatic rings. The number of hydrogen-bond donors (Lipinski definition) is 2. The Morgan fingerprint density at radius 2 is 2.14 bits per heavy atom. The van der Waals surface area contributed by atoms with Crippen molar-refractivity contribution in [2.75, 3.05) is 0 Å². The number of H-pyrrole nitrogens is 1. The fraction of sp³-hybridized carbons (Fsp3) is 0.333. The maximum absolute atomic E-state index is 5.82. The van der Waals surface area contributed by atoms with Crippen molar-refractivity contribution in [2.24, 2.45) is 11.7 Å². The zero-order valence-electron chi connectivity index (χ0n) is 8.03. The second kappa shape index (κ2) is 2.85. The molecule has 3 N–H and O–H groups in total. The first-order valence-electron chi connectivity index (χ1n) is 5.15. The van der Waals surface area contributed by atoms with Crippen LogP contribution in [0.2, 0.25) is 0 Å². The third-order valence-electron chi connectivity index (χ3n) is 3.13. The van der Waals surface area contributed by atoms with E-state index in [1.807, 2.05) is 0 Å². The van der Waals surface area contributed by atoms with Crippen molar-refractivity contribution in [1.82, 2.24) is 4.98 Å². The zero-order valence-corrected chi connectivity index (χ0v) is 8.03. The molecule has 0 spiro atoms. The fourth-order valence-electron chi connectivity index (χ4n) is 2.09. The van der Waals surface area contributed by atoms with Crippen molar-refractivity contribution in [3.05, 3.63) is 36.0 Å². The van der Waals surface area contributed by atoms with Crippen LogP contribution in [-0.2, 0) is 6.42 Å². The van der Waals surface area contributed by atoms with Gasteiger partial charge in [0.05, 0.1) is 0 Å². The lowest BCUT2D eigenvalue weighted by atomic mass is 10.1. The predicted octanol–water partition coefficient (Wildman–Crippen LogP) is 2.06. The van der Waals surface area contributed by atoms with Crippen LogP contribution in [0.5, 0.6) is 0 Å². The Kier molecular flexibility index (Phi) is 1.64. The standard InChI is InChI=1S/C12H14N2/c13-11-6-8(11)5-9-7-14-12-4-2-1-3-10(9)12/h1-4,7-8,11,14H,5-6,13H2. The Bertz CT molecular complexity index is 458. The molecule has 0 bridgehead atoms. The average Bonchev–Trinajstić information content (AvgIpc) is 2.75. The van der Waals surface area contributed by atoms with Gasteiger partial charge < -0.3 is 10.7 Å².